The van der Waals surface area contributed by atoms with Crippen molar-refractivity contribution in [1.82, 2.24) is 0 Å². The molecule has 0 spiro atoms. The van der Waals surface area contributed by atoms with Crippen LogP contribution in [0.5, 0.6) is 0 Å². The zero-order valence-electron chi connectivity index (χ0n) is 42.7. The molecule has 3 heterocycles. The van der Waals surface area contributed by atoms with Crippen molar-refractivity contribution in [2.45, 2.75) is 252 Å². The summed E-state index contributed by atoms with van der Waals surface area (Å²) in [5.41, 5.74) is 1.83. The van der Waals surface area contributed by atoms with Crippen LogP contribution in [0.4, 0.5) is 0 Å². The van der Waals surface area contributed by atoms with Crippen molar-refractivity contribution in [1.29, 1.82) is 0 Å². The van der Waals surface area contributed by atoms with E-state index in [4.69, 9.17) is 14.2 Å². The average Bonchev–Trinajstić information content (AvgIpc) is 3.96. The fourth-order valence-electron chi connectivity index (χ4n) is 12.4. The third-order valence-corrected chi connectivity index (χ3v) is 17.0. The van der Waals surface area contributed by atoms with Gasteiger partial charge in [-0.3, -0.25) is 0 Å². The summed E-state index contributed by atoms with van der Waals surface area (Å²) in [6.07, 6.45) is 24.6. The van der Waals surface area contributed by atoms with E-state index in [1.54, 1.807) is 0 Å². The molecule has 0 N–H and O–H groups in total. The van der Waals surface area contributed by atoms with Crippen LogP contribution in [-0.4, -0.2) is 30.0 Å². The topological polar surface area (TPSA) is 27.7 Å². The smallest absolute Gasteiger partial charge is 0.116 e. The van der Waals surface area contributed by atoms with E-state index in [9.17, 15) is 0 Å². The van der Waals surface area contributed by atoms with Crippen LogP contribution in [0.1, 0.15) is 235 Å². The molecule has 0 amide bonds. The Morgan fingerprint density at radius 1 is 0.316 bits per heavy atom. The van der Waals surface area contributed by atoms with Crippen molar-refractivity contribution >= 4 is 0 Å². The van der Waals surface area contributed by atoms with Gasteiger partial charge in [-0.15, -0.1) is 0 Å². The Morgan fingerprint density at radius 3 is 0.789 bits per heavy atom. The number of rotatable bonds is 10. The normalized spacial score (nSPS) is 23.1. The Balaban J connectivity index is 0.000000356. The largest absolute Gasteiger partial charge is 0.494 e. The minimum Gasteiger partial charge on any atom is -0.494 e. The summed E-state index contributed by atoms with van der Waals surface area (Å²) in [5.74, 6) is 7.31. The molecule has 0 aromatic rings. The first-order valence-corrected chi connectivity index (χ1v) is 25.1. The maximum atomic E-state index is 5.99. The predicted octanol–water partition coefficient (Wildman–Crippen LogP) is 17.2. The highest BCUT2D eigenvalue weighted by atomic mass is 16.5. The van der Waals surface area contributed by atoms with Crippen molar-refractivity contribution < 1.29 is 14.2 Å². The molecule has 3 nitrogen and oxygen atoms in total. The Morgan fingerprint density at radius 2 is 0.614 bits per heavy atom. The molecule has 5 aliphatic rings. The average molecular weight is 803 g/mol. The maximum Gasteiger partial charge on any atom is 0.116 e. The minimum atomic E-state index is 0.0833. The Bertz CT molecular complexity index is 905. The molecular formula is C54H106O3. The second-order valence-electron chi connectivity index (χ2n) is 22.6. The summed E-state index contributed by atoms with van der Waals surface area (Å²) < 4.78 is 17.5. The van der Waals surface area contributed by atoms with E-state index < -0.39 is 0 Å². The number of hydrogen-bond donors (Lipinski definition) is 0. The van der Waals surface area contributed by atoms with Crippen molar-refractivity contribution in [2.75, 3.05) is 13.2 Å². The van der Waals surface area contributed by atoms with E-state index in [1.165, 1.54) is 89.9 Å². The Labute approximate surface area is 360 Å². The SMILES string of the molecule is CC(C)C1(C(C)C)CC=CO1.CC(C)C1(C(C)C)CCCC1.CC(C)C1(C(C)C)CCCCC1.CC(C)C1(C(C)C)CCCCO1.CC(C)C1(C(C)C)CCCO1. The highest BCUT2D eigenvalue weighted by Gasteiger charge is 2.43. The van der Waals surface area contributed by atoms with Gasteiger partial charge in [-0.05, 0) is 134 Å². The Hall–Kier alpha value is -0.540. The second-order valence-corrected chi connectivity index (χ2v) is 22.6. The molecule has 0 unspecified atom stereocenters. The first-order chi connectivity index (χ1) is 26.5. The molecule has 0 bridgehead atoms. The van der Waals surface area contributed by atoms with E-state index in [2.05, 4.69) is 145 Å². The summed E-state index contributed by atoms with van der Waals surface area (Å²) in [6, 6.07) is 0. The highest BCUT2D eigenvalue weighted by molar-refractivity contribution is 5.01. The van der Waals surface area contributed by atoms with Gasteiger partial charge in [0.1, 0.15) is 5.60 Å². The van der Waals surface area contributed by atoms with Gasteiger partial charge in [-0.25, -0.2) is 0 Å². The molecular weight excluding hydrogens is 697 g/mol. The monoisotopic (exact) mass is 803 g/mol. The predicted molar refractivity (Wildman–Crippen MR) is 253 cm³/mol. The van der Waals surface area contributed by atoms with Gasteiger partial charge in [0.05, 0.1) is 17.5 Å². The summed E-state index contributed by atoms with van der Waals surface area (Å²) in [7, 11) is 0. The van der Waals surface area contributed by atoms with Crippen LogP contribution in [0.15, 0.2) is 12.3 Å². The number of hydrogen-bond acceptors (Lipinski definition) is 3. The fraction of sp³-hybridized carbons (Fsp3) is 0.963. The summed E-state index contributed by atoms with van der Waals surface area (Å²) in [5, 5.41) is 0. The summed E-state index contributed by atoms with van der Waals surface area (Å²) in [4.78, 5) is 0. The summed E-state index contributed by atoms with van der Waals surface area (Å²) in [6.45, 7) is 48.3. The van der Waals surface area contributed by atoms with Crippen molar-refractivity contribution in [3.05, 3.63) is 12.3 Å². The van der Waals surface area contributed by atoms with E-state index in [-0.39, 0.29) is 16.8 Å². The standard InChI is InChI=1S/C12H24.C11H22O.C11H22.C10H20O.C10H18O/c1-10(2)12(11(3)4)8-6-5-7-9-12;1-9(2)11(10(3)4)7-5-6-8-12-11;1-9(2)11(10(3)4)7-5-6-8-11;2*1-8(2)10(9(3)4)6-5-7-11-10/h10-11H,5-9H2,1-4H3;9-10H,5-8H2,1-4H3;9-10H,5-8H2,1-4H3;8-9H,5-7H2,1-4H3;5,7-9H,6H2,1-4H3. The molecule has 0 radical (unpaired) electrons. The zero-order valence-corrected chi connectivity index (χ0v) is 42.7. The molecule has 340 valence electrons. The fourth-order valence-corrected chi connectivity index (χ4v) is 12.4. The van der Waals surface area contributed by atoms with Gasteiger partial charge in [-0.1, -0.05) is 171 Å². The molecule has 4 fully saturated rings. The molecule has 2 saturated carbocycles. The van der Waals surface area contributed by atoms with Gasteiger partial charge in [0.2, 0.25) is 0 Å². The molecule has 2 aliphatic carbocycles. The zero-order chi connectivity index (χ0) is 43.8. The third kappa shape index (κ3) is 14.0. The van der Waals surface area contributed by atoms with Crippen molar-refractivity contribution in [3.63, 3.8) is 0 Å². The molecule has 5 rings (SSSR count). The van der Waals surface area contributed by atoms with Crippen molar-refractivity contribution in [3.8, 4) is 0 Å². The lowest BCUT2D eigenvalue weighted by atomic mass is 9.61. The van der Waals surface area contributed by atoms with Crippen molar-refractivity contribution in [2.24, 2.45) is 70.0 Å². The second kappa shape index (κ2) is 24.8. The van der Waals surface area contributed by atoms with Gasteiger partial charge in [0, 0.05) is 19.6 Å². The summed E-state index contributed by atoms with van der Waals surface area (Å²) >= 11 is 0. The van der Waals surface area contributed by atoms with Crippen LogP contribution >= 0.6 is 0 Å². The first-order valence-electron chi connectivity index (χ1n) is 25.1. The lowest BCUT2D eigenvalue weighted by Crippen LogP contribution is -2.46. The van der Waals surface area contributed by atoms with Crippen LogP contribution in [0.25, 0.3) is 0 Å². The van der Waals surface area contributed by atoms with Crippen LogP contribution in [0, 0.1) is 70.0 Å². The van der Waals surface area contributed by atoms with E-state index >= 15 is 0 Å². The lowest BCUT2D eigenvalue weighted by molar-refractivity contribution is -0.137. The van der Waals surface area contributed by atoms with E-state index in [1.807, 2.05) is 6.26 Å². The molecule has 0 aromatic heterocycles. The lowest BCUT2D eigenvalue weighted by Gasteiger charge is -2.44. The van der Waals surface area contributed by atoms with Crippen LogP contribution in [-0.2, 0) is 14.2 Å². The van der Waals surface area contributed by atoms with E-state index in [0.29, 0.717) is 46.3 Å². The molecule has 3 aliphatic heterocycles. The first kappa shape index (κ1) is 54.5. The number of ether oxygens (including phenoxy) is 3. The van der Waals surface area contributed by atoms with Crippen LogP contribution < -0.4 is 0 Å². The molecule has 0 atom stereocenters. The maximum absolute atomic E-state index is 5.99. The quantitative estimate of drug-likeness (QED) is 0.220. The molecule has 0 aromatic carbocycles. The highest BCUT2D eigenvalue weighted by Crippen LogP contribution is 2.50. The van der Waals surface area contributed by atoms with Gasteiger partial charge >= 0.3 is 0 Å². The van der Waals surface area contributed by atoms with Gasteiger partial charge in [0.15, 0.2) is 0 Å². The van der Waals surface area contributed by atoms with E-state index in [0.717, 1.165) is 43.3 Å². The minimum absolute atomic E-state index is 0.0833. The van der Waals surface area contributed by atoms with Gasteiger partial charge in [-0.2, -0.15) is 0 Å². The molecule has 57 heavy (non-hydrogen) atoms. The molecule has 2 saturated heterocycles. The third-order valence-electron chi connectivity index (χ3n) is 17.0. The van der Waals surface area contributed by atoms with Crippen LogP contribution in [0.2, 0.25) is 0 Å². The van der Waals surface area contributed by atoms with Gasteiger partial charge in [0.25, 0.3) is 0 Å². The Kier molecular flexibility index (Phi) is 23.7. The van der Waals surface area contributed by atoms with Crippen LogP contribution in [0.3, 0.4) is 0 Å². The van der Waals surface area contributed by atoms with Gasteiger partial charge < -0.3 is 14.2 Å². The molecule has 3 heteroatoms.